The van der Waals surface area contributed by atoms with Gasteiger partial charge in [0.15, 0.2) is 0 Å². The predicted molar refractivity (Wildman–Crippen MR) is 64.3 cm³/mol. The molecule has 5 heteroatoms. The maximum absolute atomic E-state index is 10.6. The van der Waals surface area contributed by atoms with Gasteiger partial charge in [0, 0.05) is 5.69 Å². The predicted octanol–water partition coefficient (Wildman–Crippen LogP) is 1.54. The summed E-state index contributed by atoms with van der Waals surface area (Å²) in [5.41, 5.74) is 6.18. The fourth-order valence-corrected chi connectivity index (χ4v) is 0.999. The Labute approximate surface area is 100 Å². The number of nitrogen functional groups attached to an aromatic ring is 1. The fourth-order valence-electron chi connectivity index (χ4n) is 0.999. The molecule has 0 saturated heterocycles. The zero-order chi connectivity index (χ0) is 13.3. The van der Waals surface area contributed by atoms with Crippen LogP contribution in [0.15, 0.2) is 30.3 Å². The lowest BCUT2D eigenvalue weighted by molar-refractivity contribution is -0.150. The van der Waals surface area contributed by atoms with Crippen LogP contribution < -0.4 is 5.73 Å². The molecule has 0 bridgehead atoms. The molecule has 3 N–H and O–H groups in total. The molecule has 1 rings (SSSR count). The number of carboxylic acid groups (broad SMARTS) is 1. The lowest BCUT2D eigenvalue weighted by Crippen LogP contribution is -2.16. The third kappa shape index (κ3) is 7.84. The summed E-state index contributed by atoms with van der Waals surface area (Å²) >= 11 is 0. The number of aliphatic carboxylic acids is 1. The van der Waals surface area contributed by atoms with Crippen LogP contribution in [0.2, 0.25) is 0 Å². The van der Waals surface area contributed by atoms with Crippen LogP contribution in [-0.4, -0.2) is 24.2 Å². The van der Waals surface area contributed by atoms with Gasteiger partial charge in [-0.25, -0.2) is 0 Å². The van der Waals surface area contributed by atoms with Gasteiger partial charge in [-0.1, -0.05) is 25.1 Å². The summed E-state index contributed by atoms with van der Waals surface area (Å²) in [5.74, 6) is -2.03. The highest BCUT2D eigenvalue weighted by Gasteiger charge is 2.15. The molecule has 0 aliphatic heterocycles. The van der Waals surface area contributed by atoms with Crippen LogP contribution in [0, 0.1) is 5.92 Å². The maximum atomic E-state index is 10.6. The lowest BCUT2D eigenvalue weighted by atomic mass is 10.1. The van der Waals surface area contributed by atoms with Gasteiger partial charge < -0.3 is 15.6 Å². The van der Waals surface area contributed by atoms with Crippen molar-refractivity contribution in [2.75, 3.05) is 12.8 Å². The summed E-state index contributed by atoms with van der Waals surface area (Å²) < 4.78 is 4.31. The number of carbonyl (C=O) groups excluding carboxylic acids is 1. The quantitative estimate of drug-likeness (QED) is 0.616. The van der Waals surface area contributed by atoms with Crippen molar-refractivity contribution in [3.05, 3.63) is 30.3 Å². The van der Waals surface area contributed by atoms with E-state index in [1.165, 1.54) is 14.0 Å². The van der Waals surface area contributed by atoms with Gasteiger partial charge in [-0.15, -0.1) is 0 Å². The number of anilines is 1. The van der Waals surface area contributed by atoms with Gasteiger partial charge in [0.25, 0.3) is 0 Å². The minimum atomic E-state index is -0.988. The van der Waals surface area contributed by atoms with Gasteiger partial charge in [0.05, 0.1) is 19.4 Å². The molecule has 0 spiro atoms. The molecule has 17 heavy (non-hydrogen) atoms. The lowest BCUT2D eigenvalue weighted by Gasteiger charge is -2.03. The van der Waals surface area contributed by atoms with Crippen LogP contribution in [0.5, 0.6) is 0 Å². The Morgan fingerprint density at radius 2 is 1.88 bits per heavy atom. The van der Waals surface area contributed by atoms with Crippen molar-refractivity contribution in [1.29, 1.82) is 0 Å². The van der Waals surface area contributed by atoms with Gasteiger partial charge in [-0.05, 0) is 12.1 Å². The number of benzene rings is 1. The molecule has 1 aromatic carbocycles. The number of methoxy groups -OCH3 is 1. The van der Waals surface area contributed by atoms with Gasteiger partial charge in [0.2, 0.25) is 0 Å². The maximum Gasteiger partial charge on any atom is 0.308 e. The minimum Gasteiger partial charge on any atom is -0.481 e. The standard InChI is InChI=1S/C6H7N.C6H10O4/c7-6-4-2-1-3-5-6;1-4(3-5(7)8)6(9)10-2/h1-5H,7H2;4H,3H2,1-2H3,(H,7,8). The van der Waals surface area contributed by atoms with E-state index in [0.717, 1.165) is 5.69 Å². The molecule has 0 saturated carbocycles. The second-order valence-corrected chi connectivity index (χ2v) is 3.43. The van der Waals surface area contributed by atoms with Crippen LogP contribution in [0.4, 0.5) is 5.69 Å². The van der Waals surface area contributed by atoms with E-state index in [1.54, 1.807) is 0 Å². The molecule has 0 aromatic heterocycles. The van der Waals surface area contributed by atoms with Crippen molar-refractivity contribution < 1.29 is 19.4 Å². The molecule has 0 amide bonds. The van der Waals surface area contributed by atoms with E-state index in [4.69, 9.17) is 10.8 Å². The second-order valence-electron chi connectivity index (χ2n) is 3.43. The number of hydrogen-bond donors (Lipinski definition) is 2. The minimum absolute atomic E-state index is 0.174. The molecule has 1 atom stereocenters. The molecular formula is C12H17NO4. The number of carbonyl (C=O) groups is 2. The van der Waals surface area contributed by atoms with E-state index in [0.29, 0.717) is 0 Å². The first-order chi connectivity index (χ1) is 7.97. The summed E-state index contributed by atoms with van der Waals surface area (Å²) in [6.07, 6.45) is -0.174. The Hall–Kier alpha value is -2.04. The second kappa shape index (κ2) is 8.15. The van der Waals surface area contributed by atoms with Crippen LogP contribution in [-0.2, 0) is 14.3 Å². The monoisotopic (exact) mass is 239 g/mol. The van der Waals surface area contributed by atoms with Crippen LogP contribution in [0.1, 0.15) is 13.3 Å². The van der Waals surface area contributed by atoms with Gasteiger partial charge >= 0.3 is 11.9 Å². The Morgan fingerprint density at radius 1 is 1.35 bits per heavy atom. The molecule has 0 aliphatic rings. The van der Waals surface area contributed by atoms with Crippen molar-refractivity contribution in [2.24, 2.45) is 5.92 Å². The van der Waals surface area contributed by atoms with E-state index in [9.17, 15) is 9.59 Å². The van der Waals surface area contributed by atoms with E-state index in [2.05, 4.69) is 4.74 Å². The van der Waals surface area contributed by atoms with E-state index >= 15 is 0 Å². The van der Waals surface area contributed by atoms with Gasteiger partial charge in [-0.3, -0.25) is 9.59 Å². The summed E-state index contributed by atoms with van der Waals surface area (Å²) in [6.45, 7) is 1.51. The highest BCUT2D eigenvalue weighted by atomic mass is 16.5. The molecule has 0 heterocycles. The number of hydrogen-bond acceptors (Lipinski definition) is 4. The molecular weight excluding hydrogens is 222 g/mol. The first-order valence-electron chi connectivity index (χ1n) is 5.07. The van der Waals surface area contributed by atoms with E-state index in [-0.39, 0.29) is 6.42 Å². The van der Waals surface area contributed by atoms with Crippen molar-refractivity contribution >= 4 is 17.6 Å². The highest BCUT2D eigenvalue weighted by molar-refractivity contribution is 5.78. The number of rotatable bonds is 3. The van der Waals surface area contributed by atoms with Crippen molar-refractivity contribution in [3.63, 3.8) is 0 Å². The zero-order valence-electron chi connectivity index (χ0n) is 9.92. The molecule has 94 valence electrons. The Bertz CT molecular complexity index is 351. The molecule has 1 aromatic rings. The topological polar surface area (TPSA) is 89.6 Å². The first kappa shape index (κ1) is 15.0. The Kier molecular flexibility index (Phi) is 7.17. The van der Waals surface area contributed by atoms with Crippen molar-refractivity contribution in [1.82, 2.24) is 0 Å². The molecule has 0 radical (unpaired) electrons. The van der Waals surface area contributed by atoms with Crippen LogP contribution in [0.25, 0.3) is 0 Å². The SMILES string of the molecule is COC(=O)C(C)CC(=O)O.Nc1ccccc1. The molecule has 5 nitrogen and oxygen atoms in total. The molecule has 0 fully saturated rings. The van der Waals surface area contributed by atoms with Crippen molar-refractivity contribution in [2.45, 2.75) is 13.3 Å². The van der Waals surface area contributed by atoms with Crippen LogP contribution in [0.3, 0.4) is 0 Å². The molecule has 1 unspecified atom stereocenters. The average molecular weight is 239 g/mol. The van der Waals surface area contributed by atoms with E-state index < -0.39 is 17.9 Å². The number of ether oxygens (including phenoxy) is 1. The number of carboxylic acids is 1. The average Bonchev–Trinajstić information content (AvgIpc) is 2.29. The van der Waals surface area contributed by atoms with Crippen molar-refractivity contribution in [3.8, 4) is 0 Å². The normalized spacial score (nSPS) is 10.7. The summed E-state index contributed by atoms with van der Waals surface area (Å²) in [5, 5.41) is 8.22. The largest absolute Gasteiger partial charge is 0.481 e. The summed E-state index contributed by atoms with van der Waals surface area (Å²) in [6, 6.07) is 9.49. The number of esters is 1. The smallest absolute Gasteiger partial charge is 0.308 e. The third-order valence-corrected chi connectivity index (χ3v) is 1.88. The summed E-state index contributed by atoms with van der Waals surface area (Å²) in [7, 11) is 1.24. The fraction of sp³-hybridized carbons (Fsp3) is 0.333. The molecule has 0 aliphatic carbocycles. The van der Waals surface area contributed by atoms with E-state index in [1.807, 2.05) is 30.3 Å². The summed E-state index contributed by atoms with van der Waals surface area (Å²) in [4.78, 5) is 20.6. The number of nitrogens with two attached hydrogens (primary N) is 1. The third-order valence-electron chi connectivity index (χ3n) is 1.88. The number of para-hydroxylation sites is 1. The Morgan fingerprint density at radius 3 is 2.18 bits per heavy atom. The Balaban J connectivity index is 0.000000318. The van der Waals surface area contributed by atoms with Gasteiger partial charge in [0.1, 0.15) is 0 Å². The van der Waals surface area contributed by atoms with Crippen LogP contribution >= 0.6 is 0 Å². The zero-order valence-corrected chi connectivity index (χ0v) is 9.92. The van der Waals surface area contributed by atoms with Gasteiger partial charge in [-0.2, -0.15) is 0 Å². The highest BCUT2D eigenvalue weighted by Crippen LogP contribution is 2.02. The first-order valence-corrected chi connectivity index (χ1v) is 5.07.